The van der Waals surface area contributed by atoms with Crippen LogP contribution in [0.5, 0.6) is 0 Å². The molecule has 12 aromatic carbocycles. The summed E-state index contributed by atoms with van der Waals surface area (Å²) in [6, 6.07) is 109. The second-order valence-electron chi connectivity index (χ2n) is 20.2. The van der Waals surface area contributed by atoms with Crippen molar-refractivity contribution in [3.05, 3.63) is 342 Å². The van der Waals surface area contributed by atoms with Crippen LogP contribution in [0.15, 0.2) is 302 Å². The zero-order chi connectivity index (χ0) is 50.2. The van der Waals surface area contributed by atoms with E-state index in [-0.39, 0.29) is 0 Å². The van der Waals surface area contributed by atoms with Gasteiger partial charge in [-0.05, 0) is 126 Å². The van der Waals surface area contributed by atoms with E-state index in [0.29, 0.717) is 0 Å². The zero-order valence-electron chi connectivity index (χ0n) is 41.6. The van der Waals surface area contributed by atoms with E-state index in [9.17, 15) is 0 Å². The first-order valence-corrected chi connectivity index (χ1v) is 26.3. The smallest absolute Gasteiger partial charge is 0.143 e. The first kappa shape index (κ1) is 43.8. The maximum atomic E-state index is 6.65. The maximum absolute atomic E-state index is 6.65. The predicted octanol–water partition coefficient (Wildman–Crippen LogP) is 19.1. The summed E-state index contributed by atoms with van der Waals surface area (Å²) in [5.41, 5.74) is 23.6. The quantitative estimate of drug-likeness (QED) is 0.143. The minimum absolute atomic E-state index is 0.485. The number of furan rings is 1. The van der Waals surface area contributed by atoms with Gasteiger partial charge in [0, 0.05) is 33.4 Å². The SMILES string of the molecule is c1ccc(C2(c3ccccc3)c3ccccc3-c3ccc(N(c4ccc(-c5cccc6c5-c5ccccc5C6(c5ccccc5)c5ccccc5)cc4)c4cccc(-c5cccc6c5oc5ccccc56)c4)cc32)cc1. The molecular formula is C74H49NO. The summed E-state index contributed by atoms with van der Waals surface area (Å²) in [5.74, 6) is 0. The largest absolute Gasteiger partial charge is 0.455 e. The fraction of sp³-hybridized carbons (Fsp3) is 0.0270. The van der Waals surface area contributed by atoms with E-state index in [2.05, 4.69) is 296 Å². The molecule has 0 unspecified atom stereocenters. The highest BCUT2D eigenvalue weighted by atomic mass is 16.3. The van der Waals surface area contributed by atoms with E-state index in [1.807, 2.05) is 6.07 Å². The fourth-order valence-electron chi connectivity index (χ4n) is 13.3. The molecule has 15 rings (SSSR count). The average molecular weight is 968 g/mol. The number of hydrogen-bond donors (Lipinski definition) is 0. The van der Waals surface area contributed by atoms with E-state index in [0.717, 1.165) is 55.7 Å². The van der Waals surface area contributed by atoms with Crippen LogP contribution in [-0.4, -0.2) is 0 Å². The van der Waals surface area contributed by atoms with Gasteiger partial charge >= 0.3 is 0 Å². The third-order valence-corrected chi connectivity index (χ3v) is 16.4. The zero-order valence-corrected chi connectivity index (χ0v) is 41.6. The molecule has 1 aromatic heterocycles. The molecule has 2 aliphatic carbocycles. The molecule has 0 radical (unpaired) electrons. The van der Waals surface area contributed by atoms with Crippen LogP contribution in [0.2, 0.25) is 0 Å². The summed E-state index contributed by atoms with van der Waals surface area (Å²) in [4.78, 5) is 2.44. The van der Waals surface area contributed by atoms with Gasteiger partial charge in [0.1, 0.15) is 11.2 Å². The summed E-state index contributed by atoms with van der Waals surface area (Å²) in [7, 11) is 0. The molecule has 0 spiro atoms. The van der Waals surface area contributed by atoms with Crippen LogP contribution in [0.4, 0.5) is 17.1 Å². The number of rotatable bonds is 9. The number of benzene rings is 12. The molecule has 0 amide bonds. The lowest BCUT2D eigenvalue weighted by Crippen LogP contribution is -2.28. The lowest BCUT2D eigenvalue weighted by atomic mass is 9.67. The van der Waals surface area contributed by atoms with Crippen LogP contribution in [0, 0.1) is 0 Å². The molecule has 76 heavy (non-hydrogen) atoms. The molecule has 0 atom stereocenters. The molecule has 1 heterocycles. The van der Waals surface area contributed by atoms with Gasteiger partial charge in [-0.2, -0.15) is 0 Å². The lowest BCUT2D eigenvalue weighted by molar-refractivity contribution is 0.670. The van der Waals surface area contributed by atoms with Gasteiger partial charge in [0.15, 0.2) is 0 Å². The van der Waals surface area contributed by atoms with Crippen molar-refractivity contribution >= 4 is 39.0 Å². The van der Waals surface area contributed by atoms with E-state index >= 15 is 0 Å². The normalized spacial score (nSPS) is 13.5. The Bertz CT molecular complexity index is 4250. The molecule has 356 valence electrons. The van der Waals surface area contributed by atoms with Crippen LogP contribution < -0.4 is 4.90 Å². The van der Waals surface area contributed by atoms with Crippen molar-refractivity contribution in [2.75, 3.05) is 4.90 Å². The summed E-state index contributed by atoms with van der Waals surface area (Å²) in [6.45, 7) is 0. The van der Waals surface area contributed by atoms with Crippen molar-refractivity contribution in [3.63, 3.8) is 0 Å². The Balaban J connectivity index is 0.933. The summed E-state index contributed by atoms with van der Waals surface area (Å²) < 4.78 is 6.65. The number of hydrogen-bond acceptors (Lipinski definition) is 2. The Morgan fingerprint density at radius 3 is 1.39 bits per heavy atom. The minimum Gasteiger partial charge on any atom is -0.455 e. The highest BCUT2D eigenvalue weighted by Gasteiger charge is 2.48. The van der Waals surface area contributed by atoms with Crippen molar-refractivity contribution in [2.24, 2.45) is 0 Å². The highest BCUT2D eigenvalue weighted by molar-refractivity contribution is 6.10. The van der Waals surface area contributed by atoms with Crippen molar-refractivity contribution in [1.82, 2.24) is 0 Å². The third-order valence-electron chi connectivity index (χ3n) is 16.4. The Hall–Kier alpha value is -9.76. The summed E-state index contributed by atoms with van der Waals surface area (Å²) >= 11 is 0. The molecule has 0 bridgehead atoms. The van der Waals surface area contributed by atoms with Gasteiger partial charge < -0.3 is 9.32 Å². The molecule has 0 saturated heterocycles. The molecular weight excluding hydrogens is 919 g/mol. The Kier molecular flexibility index (Phi) is 10.0. The first-order chi connectivity index (χ1) is 37.7. The number of fused-ring (bicyclic) bond motifs is 9. The number of nitrogens with zero attached hydrogens (tertiary/aromatic N) is 1. The van der Waals surface area contributed by atoms with Gasteiger partial charge in [-0.1, -0.05) is 255 Å². The third kappa shape index (κ3) is 6.41. The van der Waals surface area contributed by atoms with Gasteiger partial charge in [-0.25, -0.2) is 0 Å². The van der Waals surface area contributed by atoms with Crippen molar-refractivity contribution < 1.29 is 4.42 Å². The van der Waals surface area contributed by atoms with Crippen molar-refractivity contribution in [1.29, 1.82) is 0 Å². The number of anilines is 3. The number of para-hydroxylation sites is 2. The van der Waals surface area contributed by atoms with Crippen molar-refractivity contribution in [3.8, 4) is 44.5 Å². The molecule has 0 fully saturated rings. The second kappa shape index (κ2) is 17.4. The van der Waals surface area contributed by atoms with Gasteiger partial charge in [-0.15, -0.1) is 0 Å². The Morgan fingerprint density at radius 1 is 0.263 bits per heavy atom. The van der Waals surface area contributed by atoms with Gasteiger partial charge in [0.05, 0.1) is 10.8 Å². The van der Waals surface area contributed by atoms with Crippen LogP contribution >= 0.6 is 0 Å². The summed E-state index contributed by atoms with van der Waals surface area (Å²) in [5, 5.41) is 2.23. The van der Waals surface area contributed by atoms with Crippen LogP contribution in [0.3, 0.4) is 0 Å². The van der Waals surface area contributed by atoms with Crippen molar-refractivity contribution in [2.45, 2.75) is 10.8 Å². The lowest BCUT2D eigenvalue weighted by Gasteiger charge is -2.35. The Morgan fingerprint density at radius 2 is 0.724 bits per heavy atom. The standard InChI is InChI=1S/C74H49NO/c1-5-23-52(24-6-1)73(53-25-7-2-8-26-53)67-39-17-14-34-65(67)71-59(35-21-40-68(71)73)50-42-44-56(45-43-50)75(57-31-19-22-51(48-57)60-36-20-37-64-63-33-15-18-41-70(63)76-72(60)64)58-46-47-62-61-32-13-16-38-66(61)74(69(62)49-58,54-27-9-3-10-28-54)55-29-11-4-12-30-55/h1-49H. The van der Waals surface area contributed by atoms with E-state index in [4.69, 9.17) is 4.42 Å². The maximum Gasteiger partial charge on any atom is 0.143 e. The van der Waals surface area contributed by atoms with E-state index in [1.54, 1.807) is 0 Å². The highest BCUT2D eigenvalue weighted by Crippen LogP contribution is 2.60. The van der Waals surface area contributed by atoms with Crippen LogP contribution in [0.1, 0.15) is 44.5 Å². The first-order valence-electron chi connectivity index (χ1n) is 26.3. The molecule has 2 aliphatic rings. The topological polar surface area (TPSA) is 16.4 Å². The van der Waals surface area contributed by atoms with E-state index < -0.39 is 10.8 Å². The van der Waals surface area contributed by atoms with E-state index in [1.165, 1.54) is 72.3 Å². The average Bonchev–Trinajstić information content (AvgIpc) is 4.29. The van der Waals surface area contributed by atoms with Gasteiger partial charge in [0.2, 0.25) is 0 Å². The molecule has 2 heteroatoms. The molecule has 0 aliphatic heterocycles. The summed E-state index contributed by atoms with van der Waals surface area (Å²) in [6.07, 6.45) is 0. The Labute approximate surface area is 443 Å². The van der Waals surface area contributed by atoms with Gasteiger partial charge in [0.25, 0.3) is 0 Å². The molecule has 0 N–H and O–H groups in total. The molecule has 2 nitrogen and oxygen atoms in total. The second-order valence-corrected chi connectivity index (χ2v) is 20.2. The molecule has 0 saturated carbocycles. The predicted molar refractivity (Wildman–Crippen MR) is 314 cm³/mol. The molecule has 13 aromatic rings. The van der Waals surface area contributed by atoms with Crippen LogP contribution in [-0.2, 0) is 10.8 Å². The fourth-order valence-corrected chi connectivity index (χ4v) is 13.3. The minimum atomic E-state index is -0.558. The van der Waals surface area contributed by atoms with Crippen LogP contribution in [0.25, 0.3) is 66.4 Å². The monoisotopic (exact) mass is 967 g/mol. The van der Waals surface area contributed by atoms with Gasteiger partial charge in [-0.3, -0.25) is 0 Å².